The first-order chi connectivity index (χ1) is 10.2. The fraction of sp³-hybridized carbons (Fsp3) is 0.562. The predicted octanol–water partition coefficient (Wildman–Crippen LogP) is 1.29. The van der Waals surface area contributed by atoms with Crippen LogP contribution in [-0.2, 0) is 9.53 Å². The average Bonchev–Trinajstić information content (AvgIpc) is 2.53. The van der Waals surface area contributed by atoms with E-state index in [-0.39, 0.29) is 12.1 Å². The van der Waals surface area contributed by atoms with Crippen molar-refractivity contribution >= 4 is 5.97 Å². The van der Waals surface area contributed by atoms with Crippen LogP contribution < -0.4 is 5.73 Å². The third kappa shape index (κ3) is 4.03. The molecule has 0 radical (unpaired) electrons. The highest BCUT2D eigenvalue weighted by Gasteiger charge is 2.31. The Balaban J connectivity index is 2.08. The number of aliphatic carboxylic acids is 1. The number of carbonyl (C=O) groups is 1. The summed E-state index contributed by atoms with van der Waals surface area (Å²) in [7, 11) is 1.72. The smallest absolute Gasteiger partial charge is 0.312 e. The molecule has 3 atom stereocenters. The molecule has 0 aromatic heterocycles. The van der Waals surface area contributed by atoms with Crippen molar-refractivity contribution in [2.24, 2.45) is 5.73 Å². The van der Waals surface area contributed by atoms with Crippen molar-refractivity contribution in [1.29, 1.82) is 0 Å². The summed E-state index contributed by atoms with van der Waals surface area (Å²) in [5.41, 5.74) is 6.70. The van der Waals surface area contributed by atoms with E-state index < -0.39 is 11.9 Å². The zero-order chi connectivity index (χ0) is 15.2. The third-order valence-corrected chi connectivity index (χ3v) is 4.31. The summed E-state index contributed by atoms with van der Waals surface area (Å²) in [4.78, 5) is 13.8. The molecule has 21 heavy (non-hydrogen) atoms. The summed E-state index contributed by atoms with van der Waals surface area (Å²) in [6.45, 7) is 1.86. The fourth-order valence-corrected chi connectivity index (χ4v) is 3.01. The molecule has 2 rings (SSSR count). The van der Waals surface area contributed by atoms with Crippen LogP contribution in [0.3, 0.4) is 0 Å². The van der Waals surface area contributed by atoms with E-state index in [4.69, 9.17) is 10.5 Å². The zero-order valence-corrected chi connectivity index (χ0v) is 12.4. The Morgan fingerprint density at radius 1 is 1.48 bits per heavy atom. The van der Waals surface area contributed by atoms with E-state index in [0.29, 0.717) is 13.1 Å². The van der Waals surface area contributed by atoms with Crippen LogP contribution in [0, 0.1) is 0 Å². The average molecular weight is 292 g/mol. The molecule has 5 heteroatoms. The van der Waals surface area contributed by atoms with Crippen LogP contribution >= 0.6 is 0 Å². The summed E-state index contributed by atoms with van der Waals surface area (Å²) in [5.74, 6) is -1.30. The van der Waals surface area contributed by atoms with Crippen LogP contribution in [0.1, 0.15) is 24.3 Å². The van der Waals surface area contributed by atoms with Crippen LogP contribution in [0.4, 0.5) is 0 Å². The second-order valence-electron chi connectivity index (χ2n) is 5.57. The molecule has 0 aliphatic carbocycles. The van der Waals surface area contributed by atoms with E-state index in [1.54, 1.807) is 7.11 Å². The van der Waals surface area contributed by atoms with Crippen molar-refractivity contribution in [3.05, 3.63) is 35.9 Å². The maximum absolute atomic E-state index is 11.6. The second-order valence-corrected chi connectivity index (χ2v) is 5.57. The van der Waals surface area contributed by atoms with Crippen molar-refractivity contribution in [2.45, 2.75) is 30.9 Å². The number of carboxylic acids is 1. The molecule has 1 fully saturated rings. The van der Waals surface area contributed by atoms with E-state index in [1.165, 1.54) is 0 Å². The Kier molecular flexibility index (Phi) is 5.73. The number of rotatable bonds is 6. The van der Waals surface area contributed by atoms with Crippen LogP contribution in [0.25, 0.3) is 0 Å². The molecule has 1 aromatic carbocycles. The minimum Gasteiger partial charge on any atom is -0.481 e. The summed E-state index contributed by atoms with van der Waals surface area (Å²) in [6, 6.07) is 9.59. The van der Waals surface area contributed by atoms with Gasteiger partial charge in [0.25, 0.3) is 0 Å². The number of ether oxygens (including phenoxy) is 1. The molecule has 0 amide bonds. The first-order valence-corrected chi connectivity index (χ1v) is 7.40. The van der Waals surface area contributed by atoms with E-state index in [0.717, 1.165) is 24.9 Å². The Morgan fingerprint density at radius 2 is 2.19 bits per heavy atom. The molecule has 1 aliphatic rings. The molecular formula is C16H24N2O3. The van der Waals surface area contributed by atoms with Gasteiger partial charge in [0.2, 0.25) is 0 Å². The van der Waals surface area contributed by atoms with Crippen LogP contribution in [0.15, 0.2) is 30.3 Å². The molecule has 0 saturated carbocycles. The van der Waals surface area contributed by atoms with Gasteiger partial charge < -0.3 is 15.6 Å². The lowest BCUT2D eigenvalue weighted by molar-refractivity contribution is -0.139. The van der Waals surface area contributed by atoms with Gasteiger partial charge in [0, 0.05) is 32.8 Å². The number of benzene rings is 1. The predicted molar refractivity (Wildman–Crippen MR) is 81.3 cm³/mol. The fourth-order valence-electron chi connectivity index (χ4n) is 3.01. The molecule has 3 unspecified atom stereocenters. The van der Waals surface area contributed by atoms with Gasteiger partial charge in [-0.1, -0.05) is 30.3 Å². The van der Waals surface area contributed by atoms with Gasteiger partial charge in [0.15, 0.2) is 0 Å². The normalized spacial score (nSPS) is 24.7. The molecule has 3 N–H and O–H groups in total. The molecule has 116 valence electrons. The highest BCUT2D eigenvalue weighted by atomic mass is 16.5. The minimum absolute atomic E-state index is 0.189. The van der Waals surface area contributed by atoms with Gasteiger partial charge in [-0.05, 0) is 18.4 Å². The summed E-state index contributed by atoms with van der Waals surface area (Å²) in [6.07, 6.45) is 2.03. The molecule has 0 spiro atoms. The lowest BCUT2D eigenvalue weighted by Gasteiger charge is -2.39. The first-order valence-electron chi connectivity index (χ1n) is 7.40. The van der Waals surface area contributed by atoms with E-state index in [2.05, 4.69) is 4.90 Å². The standard InChI is InChI=1S/C16H24N2O3/c1-21-14-7-8-18(13(9-14)10-17)11-15(16(19)20)12-5-3-2-4-6-12/h2-6,13-15H,7-11,17H2,1H3,(H,19,20). The number of piperidine rings is 1. The number of hydrogen-bond donors (Lipinski definition) is 2. The largest absolute Gasteiger partial charge is 0.481 e. The maximum atomic E-state index is 11.6. The lowest BCUT2D eigenvalue weighted by atomic mass is 9.94. The maximum Gasteiger partial charge on any atom is 0.312 e. The number of nitrogens with zero attached hydrogens (tertiary/aromatic N) is 1. The van der Waals surface area contributed by atoms with E-state index in [1.807, 2.05) is 30.3 Å². The Labute approximate surface area is 125 Å². The van der Waals surface area contributed by atoms with Gasteiger partial charge in [0.05, 0.1) is 12.0 Å². The van der Waals surface area contributed by atoms with Crippen LogP contribution in [-0.4, -0.2) is 54.9 Å². The topological polar surface area (TPSA) is 75.8 Å². The summed E-state index contributed by atoms with van der Waals surface area (Å²) in [5, 5.41) is 9.53. The molecule has 1 aromatic rings. The summed E-state index contributed by atoms with van der Waals surface area (Å²) >= 11 is 0. The molecule has 1 saturated heterocycles. The molecule has 5 nitrogen and oxygen atoms in total. The minimum atomic E-state index is -0.786. The second kappa shape index (κ2) is 7.54. The number of methoxy groups -OCH3 is 1. The van der Waals surface area contributed by atoms with Gasteiger partial charge in [-0.2, -0.15) is 0 Å². The van der Waals surface area contributed by atoms with E-state index >= 15 is 0 Å². The molecular weight excluding hydrogens is 268 g/mol. The van der Waals surface area contributed by atoms with Crippen molar-refractivity contribution in [1.82, 2.24) is 4.90 Å². The quantitative estimate of drug-likeness (QED) is 0.826. The Morgan fingerprint density at radius 3 is 2.76 bits per heavy atom. The van der Waals surface area contributed by atoms with Gasteiger partial charge in [-0.15, -0.1) is 0 Å². The van der Waals surface area contributed by atoms with E-state index in [9.17, 15) is 9.90 Å². The SMILES string of the molecule is COC1CCN(CC(C(=O)O)c2ccccc2)C(CN)C1. The van der Waals surface area contributed by atoms with Crippen LogP contribution in [0.2, 0.25) is 0 Å². The van der Waals surface area contributed by atoms with Gasteiger partial charge in [-0.3, -0.25) is 9.69 Å². The van der Waals surface area contributed by atoms with Crippen molar-refractivity contribution in [3.8, 4) is 0 Å². The zero-order valence-electron chi connectivity index (χ0n) is 12.4. The highest BCUT2D eigenvalue weighted by molar-refractivity contribution is 5.76. The number of nitrogens with two attached hydrogens (primary N) is 1. The number of hydrogen-bond acceptors (Lipinski definition) is 4. The summed E-state index contributed by atoms with van der Waals surface area (Å²) < 4.78 is 5.41. The first kappa shape index (κ1) is 15.9. The Hall–Kier alpha value is -1.43. The number of carboxylic acid groups (broad SMARTS) is 1. The molecule has 1 aliphatic heterocycles. The van der Waals surface area contributed by atoms with Gasteiger partial charge in [0.1, 0.15) is 0 Å². The molecule has 1 heterocycles. The Bertz CT molecular complexity index is 452. The van der Waals surface area contributed by atoms with Crippen molar-refractivity contribution < 1.29 is 14.6 Å². The highest BCUT2D eigenvalue weighted by Crippen LogP contribution is 2.24. The monoisotopic (exact) mass is 292 g/mol. The lowest BCUT2D eigenvalue weighted by Crippen LogP contribution is -2.50. The van der Waals surface area contributed by atoms with Crippen molar-refractivity contribution in [2.75, 3.05) is 26.7 Å². The number of likely N-dealkylation sites (tertiary alicyclic amines) is 1. The van der Waals surface area contributed by atoms with Gasteiger partial charge >= 0.3 is 5.97 Å². The van der Waals surface area contributed by atoms with Crippen molar-refractivity contribution in [3.63, 3.8) is 0 Å². The third-order valence-electron chi connectivity index (χ3n) is 4.31. The molecule has 0 bridgehead atoms. The van der Waals surface area contributed by atoms with Gasteiger partial charge in [-0.25, -0.2) is 0 Å². The van der Waals surface area contributed by atoms with Crippen LogP contribution in [0.5, 0.6) is 0 Å².